The van der Waals surface area contributed by atoms with Gasteiger partial charge in [0, 0.05) is 36.9 Å². The number of aliphatic hydroxyl groups excluding tert-OH is 1. The molecule has 0 saturated carbocycles. The highest BCUT2D eigenvalue weighted by Gasteiger charge is 2.27. The molecule has 1 fully saturated rings. The first-order chi connectivity index (χ1) is 11.4. The maximum absolute atomic E-state index is 9.37. The topological polar surface area (TPSA) is 41.3 Å². The molecule has 4 nitrogen and oxygen atoms in total. The van der Waals surface area contributed by atoms with Crippen molar-refractivity contribution in [1.82, 2.24) is 14.7 Å². The number of benzene rings is 1. The van der Waals surface area contributed by atoms with Crippen molar-refractivity contribution in [3.63, 3.8) is 0 Å². The number of hydrogen-bond acceptors (Lipinski definition) is 3. The molecule has 0 radical (unpaired) electrons. The van der Waals surface area contributed by atoms with E-state index in [0.717, 1.165) is 37.4 Å². The number of hydrogen-bond donors (Lipinski definition) is 1. The monoisotopic (exact) mass is 327 g/mol. The van der Waals surface area contributed by atoms with Crippen molar-refractivity contribution >= 4 is 0 Å². The molecule has 4 heteroatoms. The molecule has 24 heavy (non-hydrogen) atoms. The van der Waals surface area contributed by atoms with E-state index in [1.165, 1.54) is 11.1 Å². The molecule has 0 spiro atoms. The van der Waals surface area contributed by atoms with Gasteiger partial charge in [0.05, 0.1) is 11.4 Å². The second kappa shape index (κ2) is 6.69. The lowest BCUT2D eigenvalue weighted by Gasteiger charge is -2.20. The van der Waals surface area contributed by atoms with Gasteiger partial charge in [-0.15, -0.1) is 0 Å². The SMILES string of the molecule is Cc1ccc(-n2cc(CN3CCC(CO)C3)c(C(C)(C)C)n2)cc1. The molecular weight excluding hydrogens is 298 g/mol. The second-order valence-corrected chi connectivity index (χ2v) is 8.11. The molecule has 2 aromatic rings. The molecule has 1 aromatic carbocycles. The van der Waals surface area contributed by atoms with Crippen molar-refractivity contribution in [2.45, 2.75) is 46.1 Å². The Hall–Kier alpha value is -1.65. The van der Waals surface area contributed by atoms with E-state index in [1.807, 2.05) is 4.68 Å². The highest BCUT2D eigenvalue weighted by atomic mass is 16.3. The van der Waals surface area contributed by atoms with Gasteiger partial charge in [-0.05, 0) is 37.9 Å². The van der Waals surface area contributed by atoms with E-state index in [1.54, 1.807) is 0 Å². The smallest absolute Gasteiger partial charge is 0.0727 e. The molecule has 1 unspecified atom stereocenters. The van der Waals surface area contributed by atoms with Crippen molar-refractivity contribution in [2.75, 3.05) is 19.7 Å². The van der Waals surface area contributed by atoms with E-state index in [4.69, 9.17) is 5.10 Å². The summed E-state index contributed by atoms with van der Waals surface area (Å²) < 4.78 is 2.01. The van der Waals surface area contributed by atoms with Crippen molar-refractivity contribution in [1.29, 1.82) is 0 Å². The highest BCUT2D eigenvalue weighted by Crippen LogP contribution is 2.28. The summed E-state index contributed by atoms with van der Waals surface area (Å²) in [5.74, 6) is 0.426. The molecule has 1 saturated heterocycles. The van der Waals surface area contributed by atoms with Crippen molar-refractivity contribution in [3.05, 3.63) is 47.3 Å². The molecular formula is C20H29N3O. The number of rotatable bonds is 4. The Balaban J connectivity index is 1.88. The summed E-state index contributed by atoms with van der Waals surface area (Å²) in [5, 5.41) is 14.3. The zero-order chi connectivity index (χ0) is 17.3. The van der Waals surface area contributed by atoms with Crippen LogP contribution >= 0.6 is 0 Å². The molecule has 1 aromatic heterocycles. The van der Waals surface area contributed by atoms with Crippen LogP contribution in [0.1, 0.15) is 44.0 Å². The maximum atomic E-state index is 9.37. The van der Waals surface area contributed by atoms with Gasteiger partial charge in [-0.3, -0.25) is 4.90 Å². The van der Waals surface area contributed by atoms with Gasteiger partial charge in [0.25, 0.3) is 0 Å². The van der Waals surface area contributed by atoms with Gasteiger partial charge < -0.3 is 5.11 Å². The van der Waals surface area contributed by atoms with E-state index in [2.05, 4.69) is 63.1 Å². The average Bonchev–Trinajstić information content (AvgIpc) is 3.15. The summed E-state index contributed by atoms with van der Waals surface area (Å²) in [7, 11) is 0. The van der Waals surface area contributed by atoms with Crippen molar-refractivity contribution in [2.24, 2.45) is 5.92 Å². The minimum absolute atomic E-state index is 0.0153. The fourth-order valence-electron chi connectivity index (χ4n) is 3.43. The van der Waals surface area contributed by atoms with E-state index in [-0.39, 0.29) is 5.41 Å². The molecule has 130 valence electrons. The Morgan fingerprint density at radius 1 is 1.21 bits per heavy atom. The Morgan fingerprint density at radius 2 is 1.92 bits per heavy atom. The van der Waals surface area contributed by atoms with Crippen LogP contribution in [0.15, 0.2) is 30.5 Å². The van der Waals surface area contributed by atoms with Gasteiger partial charge in [-0.1, -0.05) is 38.5 Å². The van der Waals surface area contributed by atoms with E-state index < -0.39 is 0 Å². The van der Waals surface area contributed by atoms with Crippen LogP contribution in [-0.2, 0) is 12.0 Å². The van der Waals surface area contributed by atoms with Crippen molar-refractivity contribution < 1.29 is 5.11 Å². The zero-order valence-electron chi connectivity index (χ0n) is 15.3. The van der Waals surface area contributed by atoms with Gasteiger partial charge in [0.15, 0.2) is 0 Å². The summed E-state index contributed by atoms with van der Waals surface area (Å²) in [5.41, 5.74) is 4.83. The second-order valence-electron chi connectivity index (χ2n) is 8.11. The molecule has 0 aliphatic carbocycles. The summed E-state index contributed by atoms with van der Waals surface area (Å²) in [6.45, 7) is 12.0. The van der Waals surface area contributed by atoms with Crippen molar-refractivity contribution in [3.8, 4) is 5.69 Å². The predicted octanol–water partition coefficient (Wildman–Crippen LogP) is 3.29. The molecule has 1 aliphatic rings. The predicted molar refractivity (Wildman–Crippen MR) is 97.5 cm³/mol. The van der Waals surface area contributed by atoms with Crippen LogP contribution in [0.4, 0.5) is 0 Å². The van der Waals surface area contributed by atoms with Gasteiger partial charge in [-0.2, -0.15) is 5.10 Å². The number of aliphatic hydroxyl groups is 1. The fraction of sp³-hybridized carbons (Fsp3) is 0.550. The molecule has 1 N–H and O–H groups in total. The summed E-state index contributed by atoms with van der Waals surface area (Å²) in [6.07, 6.45) is 3.27. The summed E-state index contributed by atoms with van der Waals surface area (Å²) in [4.78, 5) is 2.44. The normalized spacial score (nSPS) is 19.1. The molecule has 1 aliphatic heterocycles. The summed E-state index contributed by atoms with van der Waals surface area (Å²) >= 11 is 0. The first kappa shape index (κ1) is 17.2. The third-order valence-corrected chi connectivity index (χ3v) is 4.82. The number of aromatic nitrogens is 2. The Morgan fingerprint density at radius 3 is 2.50 bits per heavy atom. The van der Waals surface area contributed by atoms with Crippen LogP contribution in [0.5, 0.6) is 0 Å². The molecule has 1 atom stereocenters. The Bertz CT molecular complexity index is 682. The van der Waals surface area contributed by atoms with Gasteiger partial charge in [0.2, 0.25) is 0 Å². The fourth-order valence-corrected chi connectivity index (χ4v) is 3.43. The molecule has 2 heterocycles. The van der Waals surface area contributed by atoms with Crippen LogP contribution < -0.4 is 0 Å². The maximum Gasteiger partial charge on any atom is 0.0727 e. The van der Waals surface area contributed by atoms with Gasteiger partial charge in [0.1, 0.15) is 0 Å². The van der Waals surface area contributed by atoms with Crippen LogP contribution in [0.3, 0.4) is 0 Å². The van der Waals surface area contributed by atoms with Crippen LogP contribution in [0.25, 0.3) is 5.69 Å². The Kier molecular flexibility index (Phi) is 4.79. The quantitative estimate of drug-likeness (QED) is 0.937. The van der Waals surface area contributed by atoms with E-state index >= 15 is 0 Å². The lowest BCUT2D eigenvalue weighted by atomic mass is 9.89. The van der Waals surface area contributed by atoms with Crippen LogP contribution in [0.2, 0.25) is 0 Å². The minimum atomic E-state index is 0.0153. The van der Waals surface area contributed by atoms with E-state index in [0.29, 0.717) is 12.5 Å². The van der Waals surface area contributed by atoms with E-state index in [9.17, 15) is 5.11 Å². The summed E-state index contributed by atoms with van der Waals surface area (Å²) in [6, 6.07) is 8.49. The lowest BCUT2D eigenvalue weighted by Crippen LogP contribution is -2.23. The lowest BCUT2D eigenvalue weighted by molar-refractivity contribution is 0.220. The number of nitrogens with zero attached hydrogens (tertiary/aromatic N) is 3. The van der Waals surface area contributed by atoms with Crippen LogP contribution in [0, 0.1) is 12.8 Å². The zero-order valence-corrected chi connectivity index (χ0v) is 15.3. The number of aryl methyl sites for hydroxylation is 1. The molecule has 0 amide bonds. The average molecular weight is 327 g/mol. The molecule has 0 bridgehead atoms. The Labute approximate surface area is 145 Å². The highest BCUT2D eigenvalue weighted by molar-refractivity contribution is 5.36. The first-order valence-electron chi connectivity index (χ1n) is 8.86. The third-order valence-electron chi connectivity index (χ3n) is 4.82. The minimum Gasteiger partial charge on any atom is -0.396 e. The number of likely N-dealkylation sites (tertiary alicyclic amines) is 1. The first-order valence-corrected chi connectivity index (χ1v) is 8.86. The third kappa shape index (κ3) is 3.70. The van der Waals surface area contributed by atoms with Gasteiger partial charge >= 0.3 is 0 Å². The van der Waals surface area contributed by atoms with Crippen LogP contribution in [-0.4, -0.2) is 39.5 Å². The van der Waals surface area contributed by atoms with Gasteiger partial charge in [-0.25, -0.2) is 4.68 Å². The molecule has 3 rings (SSSR count). The standard InChI is InChI=1S/C20H29N3O/c1-15-5-7-18(8-6-15)23-13-17(19(21-23)20(2,3)4)12-22-10-9-16(11-22)14-24/h5-8,13,16,24H,9-12,14H2,1-4H3. The largest absolute Gasteiger partial charge is 0.396 e.